The Bertz CT molecular complexity index is 353. The van der Waals surface area contributed by atoms with Crippen molar-refractivity contribution in [2.45, 2.75) is 19.4 Å². The van der Waals surface area contributed by atoms with Gasteiger partial charge in [0.05, 0.1) is 0 Å². The smallest absolute Gasteiger partial charge is 0.00346 e. The third-order valence-corrected chi connectivity index (χ3v) is 3.13. The molecule has 3 rings (SSSR count). The molecule has 2 aliphatic heterocycles. The molecule has 5 heteroatoms. The Morgan fingerprint density at radius 2 is 2.11 bits per heavy atom. The first-order valence-corrected chi connectivity index (χ1v) is 6.15. The summed E-state index contributed by atoms with van der Waals surface area (Å²) < 4.78 is 0. The maximum Gasteiger partial charge on any atom is 0.00346 e. The molecule has 0 aromatic carbocycles. The van der Waals surface area contributed by atoms with Crippen LogP contribution in [-0.4, -0.2) is 53.5 Å². The maximum atomic E-state index is 4.18. The largest absolute Gasteiger partial charge is 0.376 e. The molecule has 0 amide bonds. The minimum atomic E-state index is 0. The zero-order chi connectivity index (χ0) is 12.1. The van der Waals surface area contributed by atoms with Gasteiger partial charge in [-0.2, -0.15) is 6.42 Å². The average Bonchev–Trinajstić information content (AvgIpc) is 2.81. The van der Waals surface area contributed by atoms with Crippen LogP contribution in [0.15, 0.2) is 6.33 Å². The Labute approximate surface area is 135 Å². The minimum absolute atomic E-state index is 0. The van der Waals surface area contributed by atoms with Crippen molar-refractivity contribution in [3.63, 3.8) is 0 Å². The third kappa shape index (κ3) is 5.00. The summed E-state index contributed by atoms with van der Waals surface area (Å²) in [6, 6.07) is 0. The molecule has 0 N–H and O–H groups in total. The molecular weight excluding hydrogens is 301 g/mol. The first-order valence-electron chi connectivity index (χ1n) is 6.15. The van der Waals surface area contributed by atoms with Crippen molar-refractivity contribution >= 4 is 0 Å². The molecule has 1 fully saturated rings. The van der Waals surface area contributed by atoms with E-state index in [-0.39, 0.29) is 32.7 Å². The van der Waals surface area contributed by atoms with Gasteiger partial charge in [-0.05, 0) is 39.9 Å². The first-order chi connectivity index (χ1) is 8.25. The molecule has 1 radical (unpaired) electrons. The molecule has 4 nitrogen and oxygen atoms in total. The monoisotopic (exact) mass is 321 g/mol. The zero-order valence-electron chi connectivity index (χ0n) is 11.3. The van der Waals surface area contributed by atoms with Crippen LogP contribution >= 0.6 is 0 Å². The normalized spacial score (nSPS) is 19.4. The van der Waals surface area contributed by atoms with Gasteiger partial charge in [-0.25, -0.2) is 0 Å². The van der Waals surface area contributed by atoms with Crippen molar-refractivity contribution in [3.05, 3.63) is 30.2 Å². The summed E-state index contributed by atoms with van der Waals surface area (Å²) in [5.74, 6) is 0. The summed E-state index contributed by atoms with van der Waals surface area (Å²) >= 11 is 0. The first kappa shape index (κ1) is 16.2. The second-order valence-corrected chi connectivity index (χ2v) is 4.74. The fourth-order valence-corrected chi connectivity index (χ4v) is 2.05. The van der Waals surface area contributed by atoms with Crippen LogP contribution in [0.3, 0.4) is 0 Å². The van der Waals surface area contributed by atoms with E-state index < -0.39 is 0 Å². The number of likely N-dealkylation sites (N-methyl/N-ethyl adjacent to an activating group) is 1. The van der Waals surface area contributed by atoms with Gasteiger partial charge in [-0.15, -0.1) is 12.1 Å². The standard InChI is InChI=1S/C8H10N3.C5H10N.Y/c1-11-3-2-8-7(5-11)4-9-6-10-8;1-6-4-2-3-5-6;/h6H,2-3,5H2,1H3;2H,3-5H2,1H3;/q2*-1;. The van der Waals surface area contributed by atoms with Gasteiger partial charge < -0.3 is 26.2 Å². The van der Waals surface area contributed by atoms with Gasteiger partial charge in [0.2, 0.25) is 0 Å². The van der Waals surface area contributed by atoms with Crippen molar-refractivity contribution in [3.8, 4) is 0 Å². The number of hydrogen-bond acceptors (Lipinski definition) is 4. The Kier molecular flexibility index (Phi) is 7.46. The molecule has 0 atom stereocenters. The average molecular weight is 321 g/mol. The Morgan fingerprint density at radius 1 is 1.28 bits per heavy atom. The van der Waals surface area contributed by atoms with Crippen LogP contribution in [0.25, 0.3) is 0 Å². The number of nitrogens with zero attached hydrogens (tertiary/aromatic N) is 4. The van der Waals surface area contributed by atoms with Gasteiger partial charge in [0, 0.05) is 39.3 Å². The summed E-state index contributed by atoms with van der Waals surface area (Å²) in [5.41, 5.74) is 2.32. The number of fused-ring (bicyclic) bond motifs is 1. The molecular formula is C13H20N4Y-2. The summed E-state index contributed by atoms with van der Waals surface area (Å²) in [7, 11) is 4.24. The number of hydrogen-bond donors (Lipinski definition) is 0. The Morgan fingerprint density at radius 3 is 2.72 bits per heavy atom. The SMILES string of the molecule is CN1CCc2ncn[c-]c2C1.CN1C[CH-]CC1.[Y]. The third-order valence-electron chi connectivity index (χ3n) is 3.13. The molecule has 0 spiro atoms. The van der Waals surface area contributed by atoms with Gasteiger partial charge in [-0.1, -0.05) is 11.9 Å². The molecule has 0 bridgehead atoms. The Hall–Kier alpha value is 0.104. The van der Waals surface area contributed by atoms with Crippen LogP contribution in [-0.2, 0) is 45.7 Å². The topological polar surface area (TPSA) is 32.3 Å². The molecule has 1 aromatic heterocycles. The van der Waals surface area contributed by atoms with E-state index in [0.29, 0.717) is 0 Å². The van der Waals surface area contributed by atoms with Gasteiger partial charge >= 0.3 is 0 Å². The van der Waals surface area contributed by atoms with Crippen molar-refractivity contribution in [2.24, 2.45) is 0 Å². The van der Waals surface area contributed by atoms with E-state index >= 15 is 0 Å². The summed E-state index contributed by atoms with van der Waals surface area (Å²) in [6.07, 6.45) is 9.16. The van der Waals surface area contributed by atoms with E-state index in [1.54, 1.807) is 6.33 Å². The number of aromatic nitrogens is 2. The summed E-state index contributed by atoms with van der Waals surface area (Å²) in [5, 5.41) is 0. The van der Waals surface area contributed by atoms with Crippen LogP contribution in [0.4, 0.5) is 0 Å². The molecule has 1 saturated heterocycles. The molecule has 0 unspecified atom stereocenters. The minimum Gasteiger partial charge on any atom is -0.376 e. The Balaban J connectivity index is 0.000000199. The van der Waals surface area contributed by atoms with Gasteiger partial charge in [0.15, 0.2) is 0 Å². The van der Waals surface area contributed by atoms with E-state index in [1.165, 1.54) is 19.5 Å². The predicted molar refractivity (Wildman–Crippen MR) is 67.3 cm³/mol. The summed E-state index contributed by atoms with van der Waals surface area (Å²) in [4.78, 5) is 12.6. The van der Waals surface area contributed by atoms with Crippen molar-refractivity contribution < 1.29 is 32.7 Å². The van der Waals surface area contributed by atoms with E-state index in [4.69, 9.17) is 0 Å². The van der Waals surface area contributed by atoms with E-state index in [9.17, 15) is 0 Å². The van der Waals surface area contributed by atoms with Crippen molar-refractivity contribution in [1.29, 1.82) is 0 Å². The van der Waals surface area contributed by atoms with Crippen molar-refractivity contribution in [2.75, 3.05) is 33.7 Å². The van der Waals surface area contributed by atoms with Crippen LogP contribution in [0, 0.1) is 12.6 Å². The van der Waals surface area contributed by atoms with E-state index in [2.05, 4.69) is 46.5 Å². The van der Waals surface area contributed by atoms with Gasteiger partial charge in [0.1, 0.15) is 0 Å². The zero-order valence-corrected chi connectivity index (χ0v) is 14.1. The van der Waals surface area contributed by atoms with E-state index in [0.717, 1.165) is 30.8 Å². The van der Waals surface area contributed by atoms with Crippen molar-refractivity contribution in [1.82, 2.24) is 19.8 Å². The molecule has 97 valence electrons. The fourth-order valence-electron chi connectivity index (χ4n) is 2.05. The number of likely N-dealkylation sites (tertiary alicyclic amines) is 1. The summed E-state index contributed by atoms with van der Waals surface area (Å²) in [6.45, 7) is 4.49. The molecule has 0 saturated carbocycles. The molecule has 2 aliphatic rings. The van der Waals surface area contributed by atoms with Crippen LogP contribution < -0.4 is 0 Å². The molecule has 0 aliphatic carbocycles. The predicted octanol–water partition coefficient (Wildman–Crippen LogP) is 0.788. The van der Waals surface area contributed by atoms with Crippen LogP contribution in [0.2, 0.25) is 0 Å². The molecule has 18 heavy (non-hydrogen) atoms. The fraction of sp³-hybridized carbons (Fsp3) is 0.615. The molecule has 3 heterocycles. The second kappa shape index (κ2) is 8.31. The quantitative estimate of drug-likeness (QED) is 0.662. The number of rotatable bonds is 0. The van der Waals surface area contributed by atoms with Crippen LogP contribution in [0.5, 0.6) is 0 Å². The second-order valence-electron chi connectivity index (χ2n) is 4.74. The maximum absolute atomic E-state index is 4.18. The molecule has 1 aromatic rings. The van der Waals surface area contributed by atoms with Gasteiger partial charge in [-0.3, -0.25) is 0 Å². The van der Waals surface area contributed by atoms with Gasteiger partial charge in [0.25, 0.3) is 0 Å². The van der Waals surface area contributed by atoms with E-state index in [1.807, 2.05) is 0 Å². The van der Waals surface area contributed by atoms with Crippen LogP contribution in [0.1, 0.15) is 17.7 Å².